The smallest absolute Gasteiger partial charge is 0.242 e. The number of carbonyl (C=O) groups excluding carboxylic acids is 2. The number of hydrogen-bond acceptors (Lipinski definition) is 2. The normalized spacial score (nSPS) is 11.9. The molecule has 0 fully saturated rings. The van der Waals surface area contributed by atoms with E-state index in [0.717, 1.165) is 0 Å². The lowest BCUT2D eigenvalue weighted by Crippen LogP contribution is -2.48. The van der Waals surface area contributed by atoms with Crippen molar-refractivity contribution < 1.29 is 9.59 Å². The van der Waals surface area contributed by atoms with Crippen LogP contribution in [-0.2, 0) is 16.1 Å². The van der Waals surface area contributed by atoms with E-state index in [1.807, 2.05) is 6.92 Å². The maximum absolute atomic E-state index is 12.2. The third kappa shape index (κ3) is 4.35. The van der Waals surface area contributed by atoms with E-state index >= 15 is 0 Å². The molecule has 1 N–H and O–H groups in total. The maximum atomic E-state index is 12.2. The Hall–Kier alpha value is -1.26. The molecule has 1 unspecified atom stereocenters. The number of amides is 2. The number of carbonyl (C=O) groups is 2. The van der Waals surface area contributed by atoms with Gasteiger partial charge in [-0.15, -0.1) is 0 Å². The Labute approximate surface area is 135 Å². The predicted molar refractivity (Wildman–Crippen MR) is 85.4 cm³/mol. The molecule has 2 amide bonds. The Balaban J connectivity index is 3.14. The van der Waals surface area contributed by atoms with E-state index in [-0.39, 0.29) is 18.4 Å². The Morgan fingerprint density at radius 3 is 2.24 bits per heavy atom. The average Bonchev–Trinajstić information content (AvgIpc) is 2.48. The van der Waals surface area contributed by atoms with Crippen LogP contribution in [0.15, 0.2) is 18.2 Å². The fraction of sp³-hybridized carbons (Fsp3) is 0.467. The van der Waals surface area contributed by atoms with Gasteiger partial charge in [-0.2, -0.15) is 0 Å². The average molecular weight is 331 g/mol. The van der Waals surface area contributed by atoms with Gasteiger partial charge in [-0.3, -0.25) is 9.59 Å². The van der Waals surface area contributed by atoms with Crippen molar-refractivity contribution in [1.29, 1.82) is 0 Å². The molecular weight excluding hydrogens is 311 g/mol. The molecule has 0 saturated heterocycles. The first-order valence-electron chi connectivity index (χ1n) is 6.90. The molecule has 0 aliphatic heterocycles. The lowest BCUT2D eigenvalue weighted by molar-refractivity contribution is -0.141. The topological polar surface area (TPSA) is 49.4 Å². The lowest BCUT2D eigenvalue weighted by Gasteiger charge is -2.30. The van der Waals surface area contributed by atoms with Crippen LogP contribution >= 0.6 is 23.2 Å². The highest BCUT2D eigenvalue weighted by atomic mass is 35.5. The zero-order chi connectivity index (χ0) is 16.0. The number of likely N-dealkylation sites (N-methyl/N-ethyl adjacent to an activating group) is 1. The highest BCUT2D eigenvalue weighted by molar-refractivity contribution is 6.36. The van der Waals surface area contributed by atoms with Gasteiger partial charge in [0, 0.05) is 35.6 Å². The summed E-state index contributed by atoms with van der Waals surface area (Å²) < 4.78 is 0. The van der Waals surface area contributed by atoms with Gasteiger partial charge >= 0.3 is 0 Å². The first-order chi connectivity index (χ1) is 9.96. The largest absolute Gasteiger partial charge is 0.357 e. The van der Waals surface area contributed by atoms with Gasteiger partial charge in [0.15, 0.2) is 0 Å². The maximum Gasteiger partial charge on any atom is 0.242 e. The van der Waals surface area contributed by atoms with E-state index in [9.17, 15) is 9.59 Å². The van der Waals surface area contributed by atoms with Gasteiger partial charge in [0.2, 0.25) is 11.8 Å². The van der Waals surface area contributed by atoms with Gasteiger partial charge in [-0.1, -0.05) is 43.1 Å². The summed E-state index contributed by atoms with van der Waals surface area (Å²) in [5.74, 6) is -0.302. The molecule has 1 rings (SSSR count). The molecule has 1 aromatic rings. The zero-order valence-corrected chi connectivity index (χ0v) is 14.0. The van der Waals surface area contributed by atoms with Crippen molar-refractivity contribution in [2.75, 3.05) is 7.05 Å². The van der Waals surface area contributed by atoms with Crippen LogP contribution in [0.5, 0.6) is 0 Å². The fourth-order valence-corrected chi connectivity index (χ4v) is 2.66. The van der Waals surface area contributed by atoms with Crippen LogP contribution in [0.2, 0.25) is 10.0 Å². The van der Waals surface area contributed by atoms with Crippen molar-refractivity contribution >= 4 is 35.0 Å². The Morgan fingerprint density at radius 1 is 1.24 bits per heavy atom. The molecule has 0 radical (unpaired) electrons. The van der Waals surface area contributed by atoms with Crippen LogP contribution in [0.1, 0.15) is 32.3 Å². The van der Waals surface area contributed by atoms with Gasteiger partial charge in [-0.05, 0) is 18.6 Å². The van der Waals surface area contributed by atoms with Gasteiger partial charge in [-0.25, -0.2) is 0 Å². The molecular formula is C15H20Cl2N2O2. The van der Waals surface area contributed by atoms with Crippen molar-refractivity contribution in [1.82, 2.24) is 10.2 Å². The van der Waals surface area contributed by atoms with Gasteiger partial charge < -0.3 is 10.2 Å². The minimum Gasteiger partial charge on any atom is -0.357 e. The van der Waals surface area contributed by atoms with Crippen LogP contribution < -0.4 is 5.32 Å². The summed E-state index contributed by atoms with van der Waals surface area (Å²) in [7, 11) is 1.56. The molecule has 4 nitrogen and oxygen atoms in total. The van der Waals surface area contributed by atoms with Crippen LogP contribution in [0.25, 0.3) is 0 Å². The number of nitrogens with one attached hydrogen (secondary N) is 1. The summed E-state index contributed by atoms with van der Waals surface area (Å²) in [5.41, 5.74) is 0.657. The molecule has 1 aromatic carbocycles. The molecule has 0 heterocycles. The highest BCUT2D eigenvalue weighted by Crippen LogP contribution is 2.27. The molecule has 0 saturated carbocycles. The van der Waals surface area contributed by atoms with Crippen LogP contribution in [0.3, 0.4) is 0 Å². The minimum absolute atomic E-state index is 0.110. The summed E-state index contributed by atoms with van der Waals surface area (Å²) in [6.07, 6.45) is 0.836. The van der Waals surface area contributed by atoms with Crippen molar-refractivity contribution in [3.8, 4) is 0 Å². The zero-order valence-electron chi connectivity index (χ0n) is 12.5. The first kappa shape index (κ1) is 17.8. The number of nitrogens with zero attached hydrogens (tertiary/aromatic N) is 1. The van der Waals surface area contributed by atoms with Crippen molar-refractivity contribution in [3.05, 3.63) is 33.8 Å². The van der Waals surface area contributed by atoms with Crippen molar-refractivity contribution in [2.45, 2.75) is 39.3 Å². The van der Waals surface area contributed by atoms with E-state index in [1.54, 1.807) is 32.2 Å². The Morgan fingerprint density at radius 2 is 1.81 bits per heavy atom. The van der Waals surface area contributed by atoms with E-state index in [4.69, 9.17) is 23.2 Å². The van der Waals surface area contributed by atoms with E-state index in [1.165, 1.54) is 4.90 Å². The molecule has 116 valence electrons. The predicted octanol–water partition coefficient (Wildman–Crippen LogP) is 3.26. The lowest BCUT2D eigenvalue weighted by atomic mass is 10.1. The summed E-state index contributed by atoms with van der Waals surface area (Å²) in [5, 5.41) is 3.57. The molecule has 0 aliphatic rings. The second kappa shape index (κ2) is 8.25. The molecule has 21 heavy (non-hydrogen) atoms. The summed E-state index contributed by atoms with van der Waals surface area (Å²) in [4.78, 5) is 25.7. The van der Waals surface area contributed by atoms with E-state index in [0.29, 0.717) is 28.5 Å². The molecule has 0 aliphatic carbocycles. The van der Waals surface area contributed by atoms with Gasteiger partial charge in [0.1, 0.15) is 6.04 Å². The van der Waals surface area contributed by atoms with Crippen molar-refractivity contribution in [2.24, 2.45) is 0 Å². The van der Waals surface area contributed by atoms with E-state index in [2.05, 4.69) is 5.32 Å². The Bertz CT molecular complexity index is 500. The van der Waals surface area contributed by atoms with Gasteiger partial charge in [0.05, 0.1) is 0 Å². The first-order valence-corrected chi connectivity index (χ1v) is 7.65. The molecule has 1 atom stereocenters. The monoisotopic (exact) mass is 330 g/mol. The standard InChI is InChI=1S/C15H20Cl2N2O2/c1-4-13(15(21)18-3)19(14(20)5-2)9-10-11(16)7-6-8-12(10)17/h6-8,13H,4-5,9H2,1-3H3,(H,18,21). The Kier molecular flexibility index (Phi) is 6.99. The van der Waals surface area contributed by atoms with E-state index < -0.39 is 6.04 Å². The SMILES string of the molecule is CCC(=O)N(Cc1c(Cl)cccc1Cl)C(CC)C(=O)NC. The van der Waals surface area contributed by atoms with Crippen LogP contribution in [-0.4, -0.2) is 29.8 Å². The second-order valence-corrected chi connectivity index (χ2v) is 5.43. The number of rotatable bonds is 6. The van der Waals surface area contributed by atoms with Crippen LogP contribution in [0.4, 0.5) is 0 Å². The summed E-state index contributed by atoms with van der Waals surface area (Å²) in [6, 6.07) is 4.65. The van der Waals surface area contributed by atoms with Crippen molar-refractivity contribution in [3.63, 3.8) is 0 Å². The molecule has 0 bridgehead atoms. The van der Waals surface area contributed by atoms with Gasteiger partial charge in [0.25, 0.3) is 0 Å². The fourth-order valence-electron chi connectivity index (χ4n) is 2.14. The highest BCUT2D eigenvalue weighted by Gasteiger charge is 2.28. The molecule has 0 aromatic heterocycles. The van der Waals surface area contributed by atoms with Crippen LogP contribution in [0, 0.1) is 0 Å². The number of hydrogen-bond donors (Lipinski definition) is 1. The summed E-state index contributed by atoms with van der Waals surface area (Å²) in [6.45, 7) is 3.85. The molecule has 6 heteroatoms. The third-order valence-electron chi connectivity index (χ3n) is 3.32. The molecule has 0 spiro atoms. The quantitative estimate of drug-likeness (QED) is 0.870. The third-order valence-corrected chi connectivity index (χ3v) is 4.03. The second-order valence-electron chi connectivity index (χ2n) is 4.61. The number of benzene rings is 1. The summed E-state index contributed by atoms with van der Waals surface area (Å²) >= 11 is 12.3. The number of halogens is 2. The minimum atomic E-state index is -0.533.